The highest BCUT2D eigenvalue weighted by molar-refractivity contribution is 6.54. The summed E-state index contributed by atoms with van der Waals surface area (Å²) in [5, 5.41) is 0. The Kier molecular flexibility index (Phi) is 3.03. The number of hydrogen-bond acceptors (Lipinski definition) is 2. The van der Waals surface area contributed by atoms with Crippen LogP contribution in [0.5, 0.6) is 0 Å². The summed E-state index contributed by atoms with van der Waals surface area (Å²) in [4.78, 5) is 22.6. The Bertz CT molecular complexity index is 543. The number of carbonyl (C=O) groups is 2. The molecule has 0 bridgehead atoms. The van der Waals surface area contributed by atoms with Crippen LogP contribution in [-0.2, 0) is 20.4 Å². The van der Waals surface area contributed by atoms with E-state index in [0.29, 0.717) is 12.8 Å². The van der Waals surface area contributed by atoms with E-state index in [-0.39, 0.29) is 0 Å². The van der Waals surface area contributed by atoms with Gasteiger partial charge in [-0.25, -0.2) is 0 Å². The maximum absolute atomic E-state index is 11.3. The van der Waals surface area contributed by atoms with E-state index in [0.717, 1.165) is 23.7 Å². The van der Waals surface area contributed by atoms with Crippen molar-refractivity contribution in [2.24, 2.45) is 0 Å². The second-order valence-electron chi connectivity index (χ2n) is 5.52. The topological polar surface area (TPSA) is 34.1 Å². The van der Waals surface area contributed by atoms with Gasteiger partial charge in [-0.3, -0.25) is 0 Å². The van der Waals surface area contributed by atoms with Gasteiger partial charge in [-0.1, -0.05) is 24.3 Å². The second-order valence-corrected chi connectivity index (χ2v) is 8.49. The number of benzene rings is 1. The predicted octanol–water partition coefficient (Wildman–Crippen LogP) is 3.72. The molecule has 0 amide bonds. The van der Waals surface area contributed by atoms with E-state index in [1.807, 2.05) is 0 Å². The summed E-state index contributed by atoms with van der Waals surface area (Å²) in [6.07, 6.45) is 2.34. The van der Waals surface area contributed by atoms with E-state index in [1.54, 1.807) is 24.3 Å². The van der Waals surface area contributed by atoms with Crippen molar-refractivity contribution in [1.29, 1.82) is 0 Å². The van der Waals surface area contributed by atoms with Crippen LogP contribution in [-0.4, -0.2) is 21.2 Å². The summed E-state index contributed by atoms with van der Waals surface area (Å²) >= 11 is 24.2. The molecule has 2 aliphatic rings. The van der Waals surface area contributed by atoms with Gasteiger partial charge in [0.1, 0.15) is 21.2 Å². The Morgan fingerprint density at radius 1 is 0.750 bits per heavy atom. The van der Waals surface area contributed by atoms with Crippen LogP contribution < -0.4 is 0 Å². The first kappa shape index (κ1) is 14.6. The zero-order valence-corrected chi connectivity index (χ0v) is 13.2. The van der Waals surface area contributed by atoms with E-state index in [2.05, 4.69) is 0 Å². The molecule has 3 rings (SSSR count). The lowest BCUT2D eigenvalue weighted by Gasteiger charge is -2.15. The van der Waals surface area contributed by atoms with Crippen LogP contribution in [0.1, 0.15) is 24.0 Å². The molecule has 0 radical (unpaired) electrons. The smallest absolute Gasteiger partial charge is 0.136 e. The summed E-state index contributed by atoms with van der Waals surface area (Å²) in [6, 6.07) is 7.01. The number of carbonyl (C=O) groups excluding carboxylic acids is 2. The minimum Gasteiger partial charge on any atom is -0.302 e. The molecule has 0 aliphatic heterocycles. The van der Waals surface area contributed by atoms with Crippen LogP contribution in [0.2, 0.25) is 0 Å². The fourth-order valence-corrected chi connectivity index (χ4v) is 4.15. The number of rotatable bonds is 4. The Morgan fingerprint density at radius 2 is 1.00 bits per heavy atom. The molecule has 0 spiro atoms. The summed E-state index contributed by atoms with van der Waals surface area (Å²) < 4.78 is -2.11. The Hall–Kier alpha value is -0.280. The minimum atomic E-state index is -1.05. The lowest BCUT2D eigenvalue weighted by molar-refractivity contribution is -0.110. The summed E-state index contributed by atoms with van der Waals surface area (Å²) in [5.41, 5.74) is -0.243. The van der Waals surface area contributed by atoms with E-state index >= 15 is 0 Å². The van der Waals surface area contributed by atoms with Gasteiger partial charge in [0, 0.05) is 12.8 Å². The predicted molar refractivity (Wildman–Crippen MR) is 80.0 cm³/mol. The first-order valence-electron chi connectivity index (χ1n) is 6.04. The van der Waals surface area contributed by atoms with E-state index in [4.69, 9.17) is 46.4 Å². The molecule has 2 aliphatic carbocycles. The van der Waals surface area contributed by atoms with Gasteiger partial charge in [-0.05, 0) is 11.1 Å². The monoisotopic (exact) mass is 350 g/mol. The first-order valence-corrected chi connectivity index (χ1v) is 7.55. The molecular weight excluding hydrogens is 342 g/mol. The highest BCUT2D eigenvalue weighted by atomic mass is 35.5. The van der Waals surface area contributed by atoms with Crippen LogP contribution in [0, 0.1) is 0 Å². The van der Waals surface area contributed by atoms with E-state index in [9.17, 15) is 9.59 Å². The maximum Gasteiger partial charge on any atom is 0.136 e. The average molecular weight is 352 g/mol. The normalized spacial score (nSPS) is 36.2. The average Bonchev–Trinajstić information content (AvgIpc) is 3.20. The molecule has 2 unspecified atom stereocenters. The van der Waals surface area contributed by atoms with Crippen molar-refractivity contribution in [3.05, 3.63) is 35.4 Å². The van der Waals surface area contributed by atoms with Crippen molar-refractivity contribution in [1.82, 2.24) is 0 Å². The molecule has 106 valence electrons. The van der Waals surface area contributed by atoms with Crippen LogP contribution in [0.4, 0.5) is 0 Å². The van der Waals surface area contributed by atoms with Crippen LogP contribution in [0.15, 0.2) is 24.3 Å². The van der Waals surface area contributed by atoms with E-state index in [1.165, 1.54) is 0 Å². The van der Waals surface area contributed by atoms with Crippen molar-refractivity contribution < 1.29 is 9.59 Å². The Labute approximate surface area is 136 Å². The number of hydrogen-bond donors (Lipinski definition) is 0. The second kappa shape index (κ2) is 4.13. The molecule has 0 N–H and O–H groups in total. The zero-order valence-electron chi connectivity index (χ0n) is 10.2. The molecule has 20 heavy (non-hydrogen) atoms. The van der Waals surface area contributed by atoms with Gasteiger partial charge in [0.25, 0.3) is 0 Å². The molecular formula is C14H10Cl4O2. The molecule has 0 aromatic heterocycles. The summed E-state index contributed by atoms with van der Waals surface area (Å²) in [6.45, 7) is 0. The maximum atomic E-state index is 11.3. The number of halogens is 4. The largest absolute Gasteiger partial charge is 0.302 e. The van der Waals surface area contributed by atoms with Crippen LogP contribution >= 0.6 is 46.4 Å². The van der Waals surface area contributed by atoms with Crippen molar-refractivity contribution in [2.75, 3.05) is 0 Å². The molecule has 1 aromatic carbocycles. The highest BCUT2D eigenvalue weighted by Crippen LogP contribution is 2.65. The Balaban J connectivity index is 1.94. The molecule has 0 heterocycles. The molecule has 6 heteroatoms. The zero-order chi connectivity index (χ0) is 14.8. The minimum absolute atomic E-state index is 0.389. The van der Waals surface area contributed by atoms with Crippen molar-refractivity contribution >= 4 is 59.0 Å². The molecule has 2 nitrogen and oxygen atoms in total. The van der Waals surface area contributed by atoms with Gasteiger partial charge in [0.15, 0.2) is 0 Å². The van der Waals surface area contributed by atoms with E-state index < -0.39 is 19.5 Å². The molecule has 2 atom stereocenters. The first-order chi connectivity index (χ1) is 9.25. The van der Waals surface area contributed by atoms with Crippen molar-refractivity contribution in [2.45, 2.75) is 32.3 Å². The highest BCUT2D eigenvalue weighted by Gasteiger charge is 2.69. The molecule has 2 fully saturated rings. The lowest BCUT2D eigenvalue weighted by Crippen LogP contribution is -2.19. The molecule has 1 aromatic rings. The lowest BCUT2D eigenvalue weighted by atomic mass is 9.92. The standard InChI is InChI=1S/C14H10Cl4O2/c15-13(16)5-11(13,7-19)9-1-2-10(4-3-9)12(8-20)6-14(12,17)18/h1-4,7-8H,5-6H2. The van der Waals surface area contributed by atoms with Crippen molar-refractivity contribution in [3.63, 3.8) is 0 Å². The van der Waals surface area contributed by atoms with Gasteiger partial charge in [0.05, 0.1) is 10.8 Å². The molecule has 0 saturated heterocycles. The van der Waals surface area contributed by atoms with Gasteiger partial charge >= 0.3 is 0 Å². The van der Waals surface area contributed by atoms with Crippen LogP contribution in [0.25, 0.3) is 0 Å². The van der Waals surface area contributed by atoms with Gasteiger partial charge < -0.3 is 9.59 Å². The van der Waals surface area contributed by atoms with Crippen molar-refractivity contribution in [3.8, 4) is 0 Å². The Morgan fingerprint density at radius 3 is 1.15 bits per heavy atom. The third kappa shape index (κ3) is 1.72. The number of alkyl halides is 4. The van der Waals surface area contributed by atoms with Gasteiger partial charge in [0.2, 0.25) is 0 Å². The van der Waals surface area contributed by atoms with Gasteiger partial charge in [-0.15, -0.1) is 46.4 Å². The quantitative estimate of drug-likeness (QED) is 0.612. The molecule has 2 saturated carbocycles. The summed E-state index contributed by atoms with van der Waals surface area (Å²) in [7, 11) is 0. The fourth-order valence-electron chi connectivity index (χ4n) is 2.70. The third-order valence-electron chi connectivity index (χ3n) is 4.37. The van der Waals surface area contributed by atoms with Gasteiger partial charge in [-0.2, -0.15) is 0 Å². The fraction of sp³-hybridized carbons (Fsp3) is 0.429. The third-order valence-corrected chi connectivity index (χ3v) is 6.26. The van der Waals surface area contributed by atoms with Crippen LogP contribution in [0.3, 0.4) is 0 Å². The number of aldehydes is 2. The SMILES string of the molecule is O=CC1(c2ccc(C3(C=O)CC3(Cl)Cl)cc2)CC1(Cl)Cl. The summed E-state index contributed by atoms with van der Waals surface area (Å²) in [5.74, 6) is 0.